The van der Waals surface area contributed by atoms with Gasteiger partial charge in [-0.3, -0.25) is 0 Å². The zero-order valence-corrected chi connectivity index (χ0v) is 12.6. The fourth-order valence-electron chi connectivity index (χ4n) is 2.86. The third-order valence-electron chi connectivity index (χ3n) is 4.26. The van der Waals surface area contributed by atoms with Crippen molar-refractivity contribution in [2.75, 3.05) is 6.54 Å². The van der Waals surface area contributed by atoms with Crippen LogP contribution in [0.1, 0.15) is 36.0 Å². The number of hydrogen-bond donors (Lipinski definition) is 2. The number of hydrogen-bond acceptors (Lipinski definition) is 2. The predicted octanol–water partition coefficient (Wildman–Crippen LogP) is 3.91. The number of benzene rings is 2. The molecule has 3 rings (SSSR count). The quantitative estimate of drug-likeness (QED) is 0.877. The molecule has 1 fully saturated rings. The molecular formula is C18H20ClNO. The topological polar surface area (TPSA) is 32.3 Å². The number of aliphatic hydroxyl groups is 1. The van der Waals surface area contributed by atoms with Gasteiger partial charge in [-0.1, -0.05) is 54.1 Å². The second-order valence-corrected chi connectivity index (χ2v) is 6.19. The highest BCUT2D eigenvalue weighted by Gasteiger charge is 2.30. The lowest BCUT2D eigenvalue weighted by Gasteiger charge is -2.37. The van der Waals surface area contributed by atoms with E-state index < -0.39 is 6.10 Å². The first-order valence-electron chi connectivity index (χ1n) is 7.44. The zero-order valence-electron chi connectivity index (χ0n) is 11.9. The summed E-state index contributed by atoms with van der Waals surface area (Å²) >= 11 is 5.91. The molecule has 3 heteroatoms. The average Bonchev–Trinajstić information content (AvgIpc) is 2.48. The number of aliphatic hydroxyl groups excluding tert-OH is 1. The van der Waals surface area contributed by atoms with Crippen LogP contribution in [0.3, 0.4) is 0 Å². The summed E-state index contributed by atoms with van der Waals surface area (Å²) in [6.45, 7) is 0.613. The minimum atomic E-state index is -0.430. The van der Waals surface area contributed by atoms with E-state index in [0.29, 0.717) is 18.5 Å². The second-order valence-electron chi connectivity index (χ2n) is 5.75. The molecule has 1 aliphatic carbocycles. The fraction of sp³-hybridized carbons (Fsp3) is 0.333. The van der Waals surface area contributed by atoms with Crippen LogP contribution in [0.25, 0.3) is 0 Å². The lowest BCUT2D eigenvalue weighted by molar-refractivity contribution is 0.157. The van der Waals surface area contributed by atoms with Gasteiger partial charge in [-0.05, 0) is 42.0 Å². The first-order valence-corrected chi connectivity index (χ1v) is 7.82. The molecule has 0 spiro atoms. The Morgan fingerprint density at radius 3 is 2.38 bits per heavy atom. The summed E-state index contributed by atoms with van der Waals surface area (Å²) in [5, 5.41) is 14.4. The van der Waals surface area contributed by atoms with Crippen molar-refractivity contribution in [3.8, 4) is 0 Å². The van der Waals surface area contributed by atoms with Crippen molar-refractivity contribution in [2.45, 2.75) is 30.9 Å². The van der Waals surface area contributed by atoms with Crippen LogP contribution in [0.2, 0.25) is 5.02 Å². The lowest BCUT2D eigenvalue weighted by Crippen LogP contribution is -2.41. The SMILES string of the molecule is OC(CNC1CC(c2ccc(Cl)cc2)C1)c1ccccc1. The highest BCUT2D eigenvalue weighted by molar-refractivity contribution is 6.30. The summed E-state index contributed by atoms with van der Waals surface area (Å²) in [5.41, 5.74) is 2.33. The van der Waals surface area contributed by atoms with E-state index in [1.54, 1.807) is 0 Å². The molecule has 1 aliphatic rings. The Balaban J connectivity index is 1.44. The normalized spacial score (nSPS) is 22.6. The van der Waals surface area contributed by atoms with E-state index >= 15 is 0 Å². The molecule has 21 heavy (non-hydrogen) atoms. The molecular weight excluding hydrogens is 282 g/mol. The van der Waals surface area contributed by atoms with E-state index in [9.17, 15) is 5.11 Å². The Bertz CT molecular complexity index is 564. The molecule has 0 heterocycles. The summed E-state index contributed by atoms with van der Waals surface area (Å²) in [5.74, 6) is 0.619. The Labute approximate surface area is 130 Å². The van der Waals surface area contributed by atoms with Crippen LogP contribution in [-0.4, -0.2) is 17.7 Å². The Morgan fingerprint density at radius 1 is 1.05 bits per heavy atom. The van der Waals surface area contributed by atoms with Gasteiger partial charge in [-0.2, -0.15) is 0 Å². The van der Waals surface area contributed by atoms with Gasteiger partial charge >= 0.3 is 0 Å². The highest BCUT2D eigenvalue weighted by Crippen LogP contribution is 2.37. The molecule has 0 bridgehead atoms. The summed E-state index contributed by atoms with van der Waals surface area (Å²) in [6.07, 6.45) is 1.83. The van der Waals surface area contributed by atoms with Crippen molar-refractivity contribution in [2.24, 2.45) is 0 Å². The van der Waals surface area contributed by atoms with E-state index in [1.165, 1.54) is 5.56 Å². The van der Waals surface area contributed by atoms with Gasteiger partial charge in [0.25, 0.3) is 0 Å². The van der Waals surface area contributed by atoms with Gasteiger partial charge in [0.15, 0.2) is 0 Å². The van der Waals surface area contributed by atoms with Gasteiger partial charge in [0.05, 0.1) is 6.10 Å². The molecule has 0 aromatic heterocycles. The van der Waals surface area contributed by atoms with Crippen LogP contribution >= 0.6 is 11.6 Å². The summed E-state index contributed by atoms with van der Waals surface area (Å²) in [4.78, 5) is 0. The van der Waals surface area contributed by atoms with E-state index in [-0.39, 0.29) is 0 Å². The van der Waals surface area contributed by atoms with E-state index in [4.69, 9.17) is 11.6 Å². The largest absolute Gasteiger partial charge is 0.387 e. The Morgan fingerprint density at radius 2 is 1.71 bits per heavy atom. The van der Waals surface area contributed by atoms with Gasteiger partial charge in [-0.15, -0.1) is 0 Å². The zero-order chi connectivity index (χ0) is 14.7. The van der Waals surface area contributed by atoms with E-state index in [1.807, 2.05) is 42.5 Å². The van der Waals surface area contributed by atoms with Crippen LogP contribution in [-0.2, 0) is 0 Å². The second kappa shape index (κ2) is 6.61. The molecule has 0 amide bonds. The molecule has 0 radical (unpaired) electrons. The maximum absolute atomic E-state index is 10.1. The Kier molecular flexibility index (Phi) is 4.59. The monoisotopic (exact) mass is 301 g/mol. The van der Waals surface area contributed by atoms with Gasteiger partial charge in [0.2, 0.25) is 0 Å². The van der Waals surface area contributed by atoms with Crippen molar-refractivity contribution in [3.05, 3.63) is 70.7 Å². The molecule has 2 aromatic rings. The minimum absolute atomic E-state index is 0.430. The van der Waals surface area contributed by atoms with Crippen molar-refractivity contribution < 1.29 is 5.11 Å². The molecule has 0 saturated heterocycles. The average molecular weight is 302 g/mol. The molecule has 110 valence electrons. The first-order chi connectivity index (χ1) is 10.2. The van der Waals surface area contributed by atoms with Gasteiger partial charge in [-0.25, -0.2) is 0 Å². The lowest BCUT2D eigenvalue weighted by atomic mass is 9.76. The molecule has 2 N–H and O–H groups in total. The smallest absolute Gasteiger partial charge is 0.0914 e. The summed E-state index contributed by atoms with van der Waals surface area (Å²) in [7, 11) is 0. The third-order valence-corrected chi connectivity index (χ3v) is 4.52. The number of nitrogens with one attached hydrogen (secondary N) is 1. The van der Waals surface area contributed by atoms with Crippen molar-refractivity contribution >= 4 is 11.6 Å². The molecule has 1 atom stereocenters. The minimum Gasteiger partial charge on any atom is -0.387 e. The van der Waals surface area contributed by atoms with E-state index in [0.717, 1.165) is 23.4 Å². The summed E-state index contributed by atoms with van der Waals surface area (Å²) in [6, 6.07) is 18.4. The van der Waals surface area contributed by atoms with Gasteiger partial charge in [0, 0.05) is 17.6 Å². The van der Waals surface area contributed by atoms with Crippen LogP contribution in [0.15, 0.2) is 54.6 Å². The summed E-state index contributed by atoms with van der Waals surface area (Å²) < 4.78 is 0. The number of halogens is 1. The molecule has 2 nitrogen and oxygen atoms in total. The van der Waals surface area contributed by atoms with Gasteiger partial charge in [0.1, 0.15) is 0 Å². The maximum Gasteiger partial charge on any atom is 0.0914 e. The van der Waals surface area contributed by atoms with Crippen LogP contribution in [0, 0.1) is 0 Å². The molecule has 2 aromatic carbocycles. The predicted molar refractivity (Wildman–Crippen MR) is 86.6 cm³/mol. The molecule has 0 aliphatic heterocycles. The van der Waals surface area contributed by atoms with Crippen molar-refractivity contribution in [1.29, 1.82) is 0 Å². The van der Waals surface area contributed by atoms with Crippen LogP contribution in [0.4, 0.5) is 0 Å². The van der Waals surface area contributed by atoms with E-state index in [2.05, 4.69) is 17.4 Å². The highest BCUT2D eigenvalue weighted by atomic mass is 35.5. The molecule has 1 unspecified atom stereocenters. The maximum atomic E-state index is 10.1. The third kappa shape index (κ3) is 3.65. The van der Waals surface area contributed by atoms with Gasteiger partial charge < -0.3 is 10.4 Å². The fourth-order valence-corrected chi connectivity index (χ4v) is 2.99. The van der Waals surface area contributed by atoms with Crippen LogP contribution < -0.4 is 5.32 Å². The van der Waals surface area contributed by atoms with Crippen molar-refractivity contribution in [3.63, 3.8) is 0 Å². The molecule has 1 saturated carbocycles. The Hall–Kier alpha value is -1.35. The standard InChI is InChI=1S/C18H20ClNO/c19-16-8-6-13(7-9-16)15-10-17(11-15)20-12-18(21)14-4-2-1-3-5-14/h1-9,15,17-18,20-21H,10-12H2. The number of rotatable bonds is 5. The van der Waals surface area contributed by atoms with Crippen molar-refractivity contribution in [1.82, 2.24) is 5.32 Å². The first kappa shape index (κ1) is 14.6. The van der Waals surface area contributed by atoms with Crippen LogP contribution in [0.5, 0.6) is 0 Å².